The van der Waals surface area contributed by atoms with Gasteiger partial charge in [-0.05, 0) is 42.8 Å². The van der Waals surface area contributed by atoms with E-state index in [4.69, 9.17) is 4.74 Å². The zero-order valence-electron chi connectivity index (χ0n) is 13.2. The minimum atomic E-state index is -3.30. The minimum absolute atomic E-state index is 0.120. The van der Waals surface area contributed by atoms with Crippen LogP contribution < -0.4 is 14.8 Å². The number of nitrogens with zero attached hydrogens (tertiary/aromatic N) is 1. The van der Waals surface area contributed by atoms with Gasteiger partial charge in [-0.2, -0.15) is 0 Å². The van der Waals surface area contributed by atoms with Gasteiger partial charge in [0.05, 0.1) is 24.7 Å². The van der Waals surface area contributed by atoms with Gasteiger partial charge in [0.2, 0.25) is 10.0 Å². The maximum atomic E-state index is 11.8. The Labute approximate surface area is 137 Å². The van der Waals surface area contributed by atoms with Crippen molar-refractivity contribution < 1.29 is 13.2 Å². The van der Waals surface area contributed by atoms with Crippen LogP contribution in [0.25, 0.3) is 0 Å². The second-order valence-corrected chi connectivity index (χ2v) is 6.90. The highest BCUT2D eigenvalue weighted by molar-refractivity contribution is 7.92. The second kappa shape index (κ2) is 7.82. The van der Waals surface area contributed by atoms with Crippen molar-refractivity contribution in [1.82, 2.24) is 4.98 Å². The molecule has 2 rings (SSSR count). The number of anilines is 3. The van der Waals surface area contributed by atoms with Gasteiger partial charge in [0.15, 0.2) is 0 Å². The predicted octanol–water partition coefficient (Wildman–Crippen LogP) is 3.38. The number of pyridine rings is 1. The normalized spacial score (nSPS) is 11.0. The van der Waals surface area contributed by atoms with E-state index in [1.54, 1.807) is 19.2 Å². The molecule has 0 saturated heterocycles. The van der Waals surface area contributed by atoms with E-state index in [1.165, 1.54) is 6.20 Å². The van der Waals surface area contributed by atoms with Gasteiger partial charge in [0, 0.05) is 5.69 Å². The van der Waals surface area contributed by atoms with E-state index in [9.17, 15) is 8.42 Å². The van der Waals surface area contributed by atoms with Crippen molar-refractivity contribution in [3.8, 4) is 5.75 Å². The first-order valence-electron chi connectivity index (χ1n) is 7.40. The average Bonchev–Trinajstić information content (AvgIpc) is 2.55. The van der Waals surface area contributed by atoms with Crippen LogP contribution in [0.2, 0.25) is 0 Å². The van der Waals surface area contributed by atoms with Crippen molar-refractivity contribution >= 4 is 27.2 Å². The second-order valence-electron chi connectivity index (χ2n) is 5.06. The fourth-order valence-corrected chi connectivity index (χ4v) is 3.17. The first kappa shape index (κ1) is 17.1. The van der Waals surface area contributed by atoms with Crippen molar-refractivity contribution in [2.75, 3.05) is 22.9 Å². The highest BCUT2D eigenvalue weighted by atomic mass is 32.2. The maximum Gasteiger partial charge on any atom is 0.232 e. The van der Waals surface area contributed by atoms with E-state index in [1.807, 2.05) is 31.2 Å². The quantitative estimate of drug-likeness (QED) is 0.773. The van der Waals surface area contributed by atoms with Gasteiger partial charge in [-0.1, -0.05) is 13.3 Å². The summed E-state index contributed by atoms with van der Waals surface area (Å²) in [5.41, 5.74) is 1.33. The lowest BCUT2D eigenvalue weighted by Gasteiger charge is -2.09. The molecule has 0 atom stereocenters. The Balaban J connectivity index is 1.98. The number of methoxy groups -OCH3 is 1. The Morgan fingerprint density at radius 3 is 2.35 bits per heavy atom. The zero-order valence-corrected chi connectivity index (χ0v) is 14.1. The van der Waals surface area contributed by atoms with E-state index in [-0.39, 0.29) is 5.75 Å². The van der Waals surface area contributed by atoms with Gasteiger partial charge in [0.1, 0.15) is 11.6 Å². The van der Waals surface area contributed by atoms with Crippen LogP contribution in [-0.2, 0) is 10.0 Å². The molecule has 1 aromatic heterocycles. The lowest BCUT2D eigenvalue weighted by atomic mass is 10.3. The molecule has 0 fully saturated rings. The van der Waals surface area contributed by atoms with Gasteiger partial charge in [0.25, 0.3) is 0 Å². The lowest BCUT2D eigenvalue weighted by Crippen LogP contribution is -2.16. The van der Waals surface area contributed by atoms with Crippen molar-refractivity contribution in [2.45, 2.75) is 19.8 Å². The van der Waals surface area contributed by atoms with Gasteiger partial charge in [-0.25, -0.2) is 13.4 Å². The molecule has 0 aliphatic heterocycles. The SMILES string of the molecule is CCCCS(=O)(=O)Nc1ccc(Nc2ccc(OC)cc2)nc1. The molecule has 6 nitrogen and oxygen atoms in total. The number of aromatic nitrogens is 1. The van der Waals surface area contributed by atoms with Crippen LogP contribution in [0.3, 0.4) is 0 Å². The van der Waals surface area contributed by atoms with Crippen LogP contribution in [0, 0.1) is 0 Å². The van der Waals surface area contributed by atoms with E-state index < -0.39 is 10.0 Å². The van der Waals surface area contributed by atoms with Crippen molar-refractivity contribution in [3.63, 3.8) is 0 Å². The zero-order chi connectivity index (χ0) is 16.7. The molecule has 2 aromatic rings. The standard InChI is InChI=1S/C16H21N3O3S/c1-3-4-11-23(20,21)19-14-7-10-16(17-12-14)18-13-5-8-15(22-2)9-6-13/h5-10,12,19H,3-4,11H2,1-2H3,(H,17,18). The molecule has 0 aliphatic carbocycles. The number of benzene rings is 1. The molecule has 0 spiro atoms. The fraction of sp³-hybridized carbons (Fsp3) is 0.312. The first-order valence-corrected chi connectivity index (χ1v) is 9.05. The van der Waals surface area contributed by atoms with Gasteiger partial charge >= 0.3 is 0 Å². The number of hydrogen-bond donors (Lipinski definition) is 2. The average molecular weight is 335 g/mol. The number of unbranched alkanes of at least 4 members (excludes halogenated alkanes) is 1. The van der Waals surface area contributed by atoms with E-state index >= 15 is 0 Å². The van der Waals surface area contributed by atoms with Crippen molar-refractivity contribution in [1.29, 1.82) is 0 Å². The molecule has 0 bridgehead atoms. The molecular weight excluding hydrogens is 314 g/mol. The number of ether oxygens (including phenoxy) is 1. The third kappa shape index (κ3) is 5.45. The summed E-state index contributed by atoms with van der Waals surface area (Å²) in [6, 6.07) is 10.9. The first-order chi connectivity index (χ1) is 11.0. The predicted molar refractivity (Wildman–Crippen MR) is 92.8 cm³/mol. The molecule has 0 radical (unpaired) electrons. The van der Waals surface area contributed by atoms with Crippen LogP contribution in [0.5, 0.6) is 5.75 Å². The molecular formula is C16H21N3O3S. The monoisotopic (exact) mass is 335 g/mol. The molecule has 0 saturated carbocycles. The van der Waals surface area contributed by atoms with E-state index in [0.29, 0.717) is 17.9 Å². The summed E-state index contributed by atoms with van der Waals surface area (Å²) < 4.78 is 31.3. The van der Waals surface area contributed by atoms with Crippen LogP contribution >= 0.6 is 0 Å². The van der Waals surface area contributed by atoms with Crippen LogP contribution in [0.4, 0.5) is 17.2 Å². The third-order valence-electron chi connectivity index (χ3n) is 3.17. The number of rotatable bonds is 8. The van der Waals surface area contributed by atoms with E-state index in [0.717, 1.165) is 17.9 Å². The minimum Gasteiger partial charge on any atom is -0.497 e. The molecule has 0 amide bonds. The Morgan fingerprint density at radius 2 is 1.78 bits per heavy atom. The van der Waals surface area contributed by atoms with Crippen molar-refractivity contribution in [2.24, 2.45) is 0 Å². The van der Waals surface area contributed by atoms with Gasteiger partial charge in [-0.15, -0.1) is 0 Å². The van der Waals surface area contributed by atoms with E-state index in [2.05, 4.69) is 15.0 Å². The highest BCUT2D eigenvalue weighted by Crippen LogP contribution is 2.19. The highest BCUT2D eigenvalue weighted by Gasteiger charge is 2.09. The molecule has 1 aromatic carbocycles. The molecule has 1 heterocycles. The summed E-state index contributed by atoms with van der Waals surface area (Å²) in [4.78, 5) is 4.21. The third-order valence-corrected chi connectivity index (χ3v) is 4.54. The topological polar surface area (TPSA) is 80.3 Å². The largest absolute Gasteiger partial charge is 0.497 e. The smallest absolute Gasteiger partial charge is 0.232 e. The number of sulfonamides is 1. The lowest BCUT2D eigenvalue weighted by molar-refractivity contribution is 0.415. The van der Waals surface area contributed by atoms with Gasteiger partial charge < -0.3 is 10.1 Å². The molecule has 0 aliphatic rings. The van der Waals surface area contributed by atoms with Crippen LogP contribution in [-0.4, -0.2) is 26.3 Å². The summed E-state index contributed by atoms with van der Waals surface area (Å²) in [6.07, 6.45) is 2.97. The van der Waals surface area contributed by atoms with Crippen LogP contribution in [0.15, 0.2) is 42.6 Å². The number of nitrogens with one attached hydrogen (secondary N) is 2. The summed E-state index contributed by atoms with van der Waals surface area (Å²) in [5, 5.41) is 3.14. The Bertz CT molecular complexity index is 713. The Hall–Kier alpha value is -2.28. The van der Waals surface area contributed by atoms with Crippen LogP contribution in [0.1, 0.15) is 19.8 Å². The summed E-state index contributed by atoms with van der Waals surface area (Å²) in [5.74, 6) is 1.53. The number of hydrogen-bond acceptors (Lipinski definition) is 5. The van der Waals surface area contributed by atoms with Gasteiger partial charge in [-0.3, -0.25) is 4.72 Å². The molecule has 2 N–H and O–H groups in total. The fourth-order valence-electron chi connectivity index (χ4n) is 1.92. The summed E-state index contributed by atoms with van der Waals surface area (Å²) in [6.45, 7) is 1.96. The summed E-state index contributed by atoms with van der Waals surface area (Å²) in [7, 11) is -1.69. The molecule has 7 heteroatoms. The Morgan fingerprint density at radius 1 is 1.09 bits per heavy atom. The maximum absolute atomic E-state index is 11.8. The Kier molecular flexibility index (Phi) is 5.81. The van der Waals surface area contributed by atoms with Crippen molar-refractivity contribution in [3.05, 3.63) is 42.6 Å². The summed E-state index contributed by atoms with van der Waals surface area (Å²) >= 11 is 0. The molecule has 0 unspecified atom stereocenters. The molecule has 23 heavy (non-hydrogen) atoms. The molecule has 124 valence electrons.